The molecule has 0 atom stereocenters. The number of carbonyl (C=O) groups excluding carboxylic acids is 1. The van der Waals surface area contributed by atoms with Crippen molar-refractivity contribution < 1.29 is 14.3 Å². The van der Waals surface area contributed by atoms with E-state index in [-0.39, 0.29) is 5.78 Å². The van der Waals surface area contributed by atoms with E-state index >= 15 is 0 Å². The van der Waals surface area contributed by atoms with Gasteiger partial charge in [0.25, 0.3) is 0 Å². The second-order valence-electron chi connectivity index (χ2n) is 12.7. The summed E-state index contributed by atoms with van der Waals surface area (Å²) in [7, 11) is 0. The molecule has 0 amide bonds. The van der Waals surface area contributed by atoms with Crippen molar-refractivity contribution in [1.29, 1.82) is 0 Å². The first-order valence-corrected chi connectivity index (χ1v) is 18.9. The second-order valence-corrected chi connectivity index (χ2v) is 14.5. The van der Waals surface area contributed by atoms with Gasteiger partial charge in [0.05, 0.1) is 31.2 Å². The number of nitrogens with zero attached hydrogens (tertiary/aromatic N) is 2. The van der Waals surface area contributed by atoms with Gasteiger partial charge in [0.15, 0.2) is 5.78 Å². The molecule has 6 nitrogen and oxygen atoms in total. The summed E-state index contributed by atoms with van der Waals surface area (Å²) in [4.78, 5) is 18.5. The fourth-order valence-electron chi connectivity index (χ4n) is 6.66. The number of hydrogen-bond acceptors (Lipinski definition) is 5. The van der Waals surface area contributed by atoms with Gasteiger partial charge in [0.2, 0.25) is 0 Å². The number of benzene rings is 5. The number of carbonyl (C=O) groups is 1. The van der Waals surface area contributed by atoms with Crippen molar-refractivity contribution >= 4 is 37.6 Å². The largest absolute Gasteiger partial charge is 0.379 e. The molecule has 7 rings (SSSR count). The summed E-state index contributed by atoms with van der Waals surface area (Å²) < 4.78 is 15.3. The standard InChI is InChI=1S/C43H39Br2N3O3/c44-36-17-13-31(14-18-36)41-42(32-15-19-37(45)20-16-32)48(43(47-41)35-12-11-34-26-33-4-1-2-5-38(33)39(34)27-35)28-29-7-9-30(10-8-29)40(49)6-3-22-50-24-25-51-23-21-46/h1-2,4-5,7-20,27H,3,6,21-26,28,46H2. The molecular weight excluding hydrogens is 766 g/mol. The molecule has 8 heteroatoms. The third-order valence-electron chi connectivity index (χ3n) is 9.20. The van der Waals surface area contributed by atoms with Crippen molar-refractivity contribution in [3.8, 4) is 45.0 Å². The number of Topliss-reactive ketones (excluding diaryl/α,β-unsaturated/α-hetero) is 1. The van der Waals surface area contributed by atoms with Gasteiger partial charge in [-0.1, -0.05) is 117 Å². The van der Waals surface area contributed by atoms with E-state index in [1.807, 2.05) is 12.1 Å². The lowest BCUT2D eigenvalue weighted by atomic mass is 10.0. The zero-order valence-electron chi connectivity index (χ0n) is 28.3. The predicted octanol–water partition coefficient (Wildman–Crippen LogP) is 9.98. The van der Waals surface area contributed by atoms with Gasteiger partial charge in [-0.25, -0.2) is 4.98 Å². The third-order valence-corrected chi connectivity index (χ3v) is 10.3. The van der Waals surface area contributed by atoms with E-state index in [1.54, 1.807) is 0 Å². The molecule has 0 aliphatic heterocycles. The van der Waals surface area contributed by atoms with Crippen LogP contribution in [-0.4, -0.2) is 48.3 Å². The average Bonchev–Trinajstić information content (AvgIpc) is 3.72. The molecule has 2 N–H and O–H groups in total. The molecule has 0 radical (unpaired) electrons. The van der Waals surface area contributed by atoms with Crippen LogP contribution in [0.15, 0.2) is 124 Å². The molecule has 0 fully saturated rings. The van der Waals surface area contributed by atoms with Crippen LogP contribution in [0, 0.1) is 0 Å². The van der Waals surface area contributed by atoms with E-state index in [9.17, 15) is 4.79 Å². The van der Waals surface area contributed by atoms with Gasteiger partial charge in [-0.3, -0.25) is 4.79 Å². The maximum atomic E-state index is 13.0. The summed E-state index contributed by atoms with van der Waals surface area (Å²) in [6, 6.07) is 40.2. The Morgan fingerprint density at radius 2 is 1.35 bits per heavy atom. The van der Waals surface area contributed by atoms with Crippen LogP contribution in [0.1, 0.15) is 39.9 Å². The number of rotatable bonds is 15. The number of nitrogens with two attached hydrogens (primary N) is 1. The van der Waals surface area contributed by atoms with Crippen LogP contribution in [0.5, 0.6) is 0 Å². The maximum absolute atomic E-state index is 13.0. The number of ketones is 1. The topological polar surface area (TPSA) is 79.4 Å². The minimum atomic E-state index is 0.111. The van der Waals surface area contributed by atoms with E-state index in [4.69, 9.17) is 20.2 Å². The van der Waals surface area contributed by atoms with Gasteiger partial charge in [-0.05, 0) is 71.0 Å². The van der Waals surface area contributed by atoms with Crippen LogP contribution in [0.25, 0.3) is 45.0 Å². The Labute approximate surface area is 315 Å². The molecule has 1 aliphatic rings. The molecule has 258 valence electrons. The highest BCUT2D eigenvalue weighted by Crippen LogP contribution is 2.42. The first kappa shape index (κ1) is 35.2. The second kappa shape index (κ2) is 16.4. The van der Waals surface area contributed by atoms with E-state index in [2.05, 4.69) is 140 Å². The van der Waals surface area contributed by atoms with Crippen LogP contribution < -0.4 is 5.73 Å². The lowest BCUT2D eigenvalue weighted by Crippen LogP contribution is -2.12. The van der Waals surface area contributed by atoms with Gasteiger partial charge in [-0.15, -0.1) is 0 Å². The Kier molecular flexibility index (Phi) is 11.4. The Balaban J connectivity index is 1.23. The molecule has 0 saturated carbocycles. The number of imidazole rings is 1. The van der Waals surface area contributed by atoms with Crippen LogP contribution >= 0.6 is 31.9 Å². The zero-order chi connectivity index (χ0) is 35.2. The minimum absolute atomic E-state index is 0.111. The summed E-state index contributed by atoms with van der Waals surface area (Å²) in [5.74, 6) is 1.01. The molecule has 1 aromatic heterocycles. The van der Waals surface area contributed by atoms with Crippen molar-refractivity contribution in [1.82, 2.24) is 9.55 Å². The molecule has 0 spiro atoms. The molecule has 1 heterocycles. The number of ether oxygens (including phenoxy) is 2. The molecule has 0 bridgehead atoms. The third kappa shape index (κ3) is 8.16. The minimum Gasteiger partial charge on any atom is -0.379 e. The highest BCUT2D eigenvalue weighted by atomic mass is 79.9. The highest BCUT2D eigenvalue weighted by molar-refractivity contribution is 9.10. The van der Waals surface area contributed by atoms with Gasteiger partial charge >= 0.3 is 0 Å². The number of aromatic nitrogens is 2. The predicted molar refractivity (Wildman–Crippen MR) is 212 cm³/mol. The maximum Gasteiger partial charge on any atom is 0.162 e. The lowest BCUT2D eigenvalue weighted by molar-refractivity contribution is 0.0489. The monoisotopic (exact) mass is 803 g/mol. The normalized spacial score (nSPS) is 11.8. The van der Waals surface area contributed by atoms with Crippen molar-refractivity contribution in [3.63, 3.8) is 0 Å². The summed E-state index contributed by atoms with van der Waals surface area (Å²) in [6.45, 7) is 3.14. The van der Waals surface area contributed by atoms with Crippen LogP contribution in [0.2, 0.25) is 0 Å². The molecule has 1 aliphatic carbocycles. The molecule has 0 saturated heterocycles. The molecule has 5 aromatic carbocycles. The van der Waals surface area contributed by atoms with E-state index in [1.165, 1.54) is 22.3 Å². The van der Waals surface area contributed by atoms with E-state index in [0.29, 0.717) is 57.9 Å². The van der Waals surface area contributed by atoms with Gasteiger partial charge in [0.1, 0.15) is 5.82 Å². The number of fused-ring (bicyclic) bond motifs is 3. The van der Waals surface area contributed by atoms with Gasteiger partial charge in [-0.2, -0.15) is 0 Å². The fourth-order valence-corrected chi connectivity index (χ4v) is 7.19. The quantitative estimate of drug-likeness (QED) is 0.0825. The Bertz CT molecular complexity index is 2120. The van der Waals surface area contributed by atoms with E-state index in [0.717, 1.165) is 54.8 Å². The smallest absolute Gasteiger partial charge is 0.162 e. The molecular formula is C43H39Br2N3O3. The van der Waals surface area contributed by atoms with Crippen LogP contribution in [-0.2, 0) is 22.4 Å². The average molecular weight is 806 g/mol. The Hall–Kier alpha value is -4.18. The summed E-state index contributed by atoms with van der Waals surface area (Å²) in [6.07, 6.45) is 2.04. The molecule has 6 aromatic rings. The van der Waals surface area contributed by atoms with Crippen molar-refractivity contribution in [3.05, 3.63) is 146 Å². The van der Waals surface area contributed by atoms with Gasteiger partial charge in [0, 0.05) is 57.3 Å². The summed E-state index contributed by atoms with van der Waals surface area (Å²) >= 11 is 7.24. The fraction of sp³-hybridized carbons (Fsp3) is 0.209. The van der Waals surface area contributed by atoms with Crippen LogP contribution in [0.3, 0.4) is 0 Å². The van der Waals surface area contributed by atoms with Crippen LogP contribution in [0.4, 0.5) is 0 Å². The molecule has 51 heavy (non-hydrogen) atoms. The lowest BCUT2D eigenvalue weighted by Gasteiger charge is -2.15. The highest BCUT2D eigenvalue weighted by Gasteiger charge is 2.24. The Morgan fingerprint density at radius 3 is 2.08 bits per heavy atom. The van der Waals surface area contributed by atoms with Crippen molar-refractivity contribution in [2.45, 2.75) is 25.8 Å². The van der Waals surface area contributed by atoms with Gasteiger partial charge < -0.3 is 19.8 Å². The first-order valence-electron chi connectivity index (χ1n) is 17.3. The summed E-state index contributed by atoms with van der Waals surface area (Å²) in [5.41, 5.74) is 17.6. The van der Waals surface area contributed by atoms with E-state index < -0.39 is 0 Å². The Morgan fingerprint density at radius 1 is 0.706 bits per heavy atom. The van der Waals surface area contributed by atoms with Crippen molar-refractivity contribution in [2.24, 2.45) is 5.73 Å². The number of halogens is 2. The number of hydrogen-bond donors (Lipinski definition) is 1. The van der Waals surface area contributed by atoms with Crippen molar-refractivity contribution in [2.75, 3.05) is 33.0 Å². The summed E-state index contributed by atoms with van der Waals surface area (Å²) in [5, 5.41) is 0. The molecule has 0 unspecified atom stereocenters. The SMILES string of the molecule is NCCOCCOCCCC(=O)c1ccc(Cn2c(-c3ccc4c(c3)-c3ccccc3C4)nc(-c3ccc(Br)cc3)c2-c2ccc(Br)cc2)cc1. The first-order chi connectivity index (χ1) is 25.0. The zero-order valence-corrected chi connectivity index (χ0v) is 31.5.